The molecule has 0 saturated carbocycles. The number of nitrogens with one attached hydrogen (secondary N) is 1. The minimum absolute atomic E-state index is 0.806. The first-order valence-electron chi connectivity index (χ1n) is 10.1. The molecule has 5 rings (SSSR count). The molecule has 4 nitrogen and oxygen atoms in total. The van der Waals surface area contributed by atoms with Crippen molar-refractivity contribution in [1.29, 1.82) is 0 Å². The lowest BCUT2D eigenvalue weighted by atomic mass is 10.1. The number of fused-ring (bicyclic) bond motifs is 1. The second-order valence-electron chi connectivity index (χ2n) is 7.20. The molecule has 0 fully saturated rings. The van der Waals surface area contributed by atoms with Crippen molar-refractivity contribution in [1.82, 2.24) is 14.5 Å². The van der Waals surface area contributed by atoms with Gasteiger partial charge in [-0.2, -0.15) is 0 Å². The number of para-hydroxylation sites is 1. The SMILES string of the molecule is c1ccc(CCNc2ncnc3c2c(-c2ccccc2)cn3-c2ccccc2)cc1. The Morgan fingerprint density at radius 1 is 0.733 bits per heavy atom. The van der Waals surface area contributed by atoms with Gasteiger partial charge in [-0.3, -0.25) is 0 Å². The molecule has 2 heterocycles. The first-order valence-corrected chi connectivity index (χ1v) is 10.1. The van der Waals surface area contributed by atoms with Gasteiger partial charge in [0.15, 0.2) is 5.65 Å². The molecule has 146 valence electrons. The number of rotatable bonds is 6. The van der Waals surface area contributed by atoms with Crippen LogP contribution in [0, 0.1) is 0 Å². The van der Waals surface area contributed by atoms with Gasteiger partial charge in [0, 0.05) is 24.0 Å². The molecule has 30 heavy (non-hydrogen) atoms. The van der Waals surface area contributed by atoms with E-state index in [2.05, 4.69) is 86.7 Å². The van der Waals surface area contributed by atoms with Crippen LogP contribution in [0.2, 0.25) is 0 Å². The Balaban J connectivity index is 1.58. The number of hydrogen-bond acceptors (Lipinski definition) is 3. The smallest absolute Gasteiger partial charge is 0.150 e. The summed E-state index contributed by atoms with van der Waals surface area (Å²) in [5.41, 5.74) is 5.56. The van der Waals surface area contributed by atoms with Crippen LogP contribution in [0.4, 0.5) is 5.82 Å². The van der Waals surface area contributed by atoms with Crippen molar-refractivity contribution in [2.45, 2.75) is 6.42 Å². The minimum atomic E-state index is 0.806. The van der Waals surface area contributed by atoms with Crippen LogP contribution in [0.5, 0.6) is 0 Å². The number of nitrogens with zero attached hydrogens (tertiary/aromatic N) is 3. The molecule has 3 aromatic carbocycles. The first-order chi connectivity index (χ1) is 14.9. The molecule has 0 saturated heterocycles. The average Bonchev–Trinajstić information content (AvgIpc) is 3.22. The van der Waals surface area contributed by atoms with Crippen LogP contribution in [0.3, 0.4) is 0 Å². The standard InChI is InChI=1S/C26H22N4/c1-4-10-20(11-5-1)16-17-27-25-24-23(21-12-6-2-7-13-21)18-30(26(24)29-19-28-25)22-14-8-3-9-15-22/h1-15,18-19H,16-17H2,(H,27,28,29). The Morgan fingerprint density at radius 3 is 2.13 bits per heavy atom. The molecule has 0 atom stereocenters. The van der Waals surface area contributed by atoms with Crippen molar-refractivity contribution in [2.75, 3.05) is 11.9 Å². The molecule has 2 aromatic heterocycles. The van der Waals surface area contributed by atoms with E-state index in [-0.39, 0.29) is 0 Å². The molecule has 0 bridgehead atoms. The minimum Gasteiger partial charge on any atom is -0.369 e. The topological polar surface area (TPSA) is 42.7 Å². The van der Waals surface area contributed by atoms with Gasteiger partial charge in [-0.25, -0.2) is 9.97 Å². The van der Waals surface area contributed by atoms with Crippen molar-refractivity contribution in [3.63, 3.8) is 0 Å². The lowest BCUT2D eigenvalue weighted by molar-refractivity contribution is 1.00. The zero-order valence-electron chi connectivity index (χ0n) is 16.6. The lowest BCUT2D eigenvalue weighted by Gasteiger charge is -2.09. The van der Waals surface area contributed by atoms with Crippen molar-refractivity contribution in [3.05, 3.63) is 109 Å². The molecule has 0 radical (unpaired) electrons. The van der Waals surface area contributed by atoms with E-state index in [0.29, 0.717) is 0 Å². The van der Waals surface area contributed by atoms with Crippen molar-refractivity contribution >= 4 is 16.9 Å². The Kier molecular flexibility index (Phi) is 4.96. The quantitative estimate of drug-likeness (QED) is 0.402. The Hall–Kier alpha value is -3.92. The molecule has 5 aromatic rings. The van der Waals surface area contributed by atoms with E-state index in [1.54, 1.807) is 6.33 Å². The molecular weight excluding hydrogens is 368 g/mol. The van der Waals surface area contributed by atoms with E-state index in [0.717, 1.165) is 46.6 Å². The van der Waals surface area contributed by atoms with Gasteiger partial charge in [-0.05, 0) is 29.7 Å². The molecular formula is C26H22N4. The van der Waals surface area contributed by atoms with E-state index in [1.807, 2.05) is 30.3 Å². The highest BCUT2D eigenvalue weighted by molar-refractivity contribution is 6.02. The zero-order valence-corrected chi connectivity index (χ0v) is 16.6. The second-order valence-corrected chi connectivity index (χ2v) is 7.20. The summed E-state index contributed by atoms with van der Waals surface area (Å²) in [4.78, 5) is 9.24. The van der Waals surface area contributed by atoms with Gasteiger partial charge in [0.1, 0.15) is 12.1 Å². The van der Waals surface area contributed by atoms with Crippen LogP contribution in [0.25, 0.3) is 27.8 Å². The number of benzene rings is 3. The summed E-state index contributed by atoms with van der Waals surface area (Å²) in [5.74, 6) is 0.865. The van der Waals surface area contributed by atoms with Gasteiger partial charge in [-0.15, -0.1) is 0 Å². The van der Waals surface area contributed by atoms with Crippen LogP contribution in [-0.2, 0) is 6.42 Å². The van der Waals surface area contributed by atoms with Gasteiger partial charge in [0.2, 0.25) is 0 Å². The Labute approximate surface area is 175 Å². The maximum Gasteiger partial charge on any atom is 0.150 e. The maximum atomic E-state index is 4.64. The van der Waals surface area contributed by atoms with E-state index < -0.39 is 0 Å². The number of hydrogen-bond donors (Lipinski definition) is 1. The summed E-state index contributed by atoms with van der Waals surface area (Å²) in [6.45, 7) is 0.806. The molecule has 0 aliphatic carbocycles. The van der Waals surface area contributed by atoms with Crippen molar-refractivity contribution in [3.8, 4) is 16.8 Å². The Morgan fingerprint density at radius 2 is 1.40 bits per heavy atom. The predicted molar refractivity (Wildman–Crippen MR) is 123 cm³/mol. The first kappa shape index (κ1) is 18.1. The van der Waals surface area contributed by atoms with Gasteiger partial charge in [-0.1, -0.05) is 78.9 Å². The van der Waals surface area contributed by atoms with E-state index in [1.165, 1.54) is 5.56 Å². The molecule has 0 aliphatic heterocycles. The van der Waals surface area contributed by atoms with E-state index >= 15 is 0 Å². The van der Waals surface area contributed by atoms with Crippen LogP contribution >= 0.6 is 0 Å². The van der Waals surface area contributed by atoms with Gasteiger partial charge in [0.05, 0.1) is 5.39 Å². The van der Waals surface area contributed by atoms with Gasteiger partial charge in [0.25, 0.3) is 0 Å². The highest BCUT2D eigenvalue weighted by Gasteiger charge is 2.17. The lowest BCUT2D eigenvalue weighted by Crippen LogP contribution is -2.07. The third-order valence-corrected chi connectivity index (χ3v) is 5.25. The molecule has 0 aliphatic rings. The van der Waals surface area contributed by atoms with Crippen LogP contribution in [-0.4, -0.2) is 21.1 Å². The highest BCUT2D eigenvalue weighted by atomic mass is 15.1. The highest BCUT2D eigenvalue weighted by Crippen LogP contribution is 2.35. The summed E-state index contributed by atoms with van der Waals surface area (Å²) in [6, 6.07) is 31.2. The van der Waals surface area contributed by atoms with Gasteiger partial charge < -0.3 is 9.88 Å². The van der Waals surface area contributed by atoms with Crippen molar-refractivity contribution < 1.29 is 0 Å². The van der Waals surface area contributed by atoms with E-state index in [9.17, 15) is 0 Å². The van der Waals surface area contributed by atoms with Crippen LogP contribution in [0.1, 0.15) is 5.56 Å². The molecule has 0 amide bonds. The Bertz CT molecular complexity index is 1250. The number of aromatic nitrogens is 3. The molecule has 0 unspecified atom stereocenters. The summed E-state index contributed by atoms with van der Waals surface area (Å²) in [6.07, 6.45) is 4.74. The largest absolute Gasteiger partial charge is 0.369 e. The van der Waals surface area contributed by atoms with Crippen LogP contribution < -0.4 is 5.32 Å². The monoisotopic (exact) mass is 390 g/mol. The zero-order chi connectivity index (χ0) is 20.2. The maximum absolute atomic E-state index is 4.64. The normalized spacial score (nSPS) is 10.9. The summed E-state index contributed by atoms with van der Waals surface area (Å²) in [7, 11) is 0. The predicted octanol–water partition coefficient (Wildman–Crippen LogP) is 5.74. The fourth-order valence-corrected chi connectivity index (χ4v) is 3.79. The molecule has 1 N–H and O–H groups in total. The molecule has 0 spiro atoms. The fraction of sp³-hybridized carbons (Fsp3) is 0.0769. The third-order valence-electron chi connectivity index (χ3n) is 5.25. The third kappa shape index (κ3) is 3.55. The van der Waals surface area contributed by atoms with Crippen LogP contribution in [0.15, 0.2) is 104 Å². The van der Waals surface area contributed by atoms with E-state index in [4.69, 9.17) is 0 Å². The fourth-order valence-electron chi connectivity index (χ4n) is 3.79. The second kappa shape index (κ2) is 8.21. The average molecular weight is 390 g/mol. The molecule has 4 heteroatoms. The van der Waals surface area contributed by atoms with Crippen molar-refractivity contribution in [2.24, 2.45) is 0 Å². The van der Waals surface area contributed by atoms with Gasteiger partial charge >= 0.3 is 0 Å². The summed E-state index contributed by atoms with van der Waals surface area (Å²) < 4.78 is 2.14. The summed E-state index contributed by atoms with van der Waals surface area (Å²) >= 11 is 0. The summed E-state index contributed by atoms with van der Waals surface area (Å²) in [5, 5.41) is 4.59. The number of anilines is 1.